The fraction of sp³-hybridized carbons (Fsp3) is 0.385. The molecule has 0 radical (unpaired) electrons. The molecule has 0 aliphatic rings. The number of ether oxygens (including phenoxy) is 4. The first kappa shape index (κ1) is 27.6. The van der Waals surface area contributed by atoms with E-state index in [4.69, 9.17) is 35.5 Å². The van der Waals surface area contributed by atoms with E-state index in [0.29, 0.717) is 51.8 Å². The number of carbonyl (C=O) groups is 1. The lowest BCUT2D eigenvalue weighted by Gasteiger charge is -2.23. The van der Waals surface area contributed by atoms with E-state index in [2.05, 4.69) is 18.7 Å². The molecule has 1 heterocycles. The number of amides is 1. The molecule has 3 aromatic rings. The van der Waals surface area contributed by atoms with Crippen molar-refractivity contribution in [3.63, 3.8) is 0 Å². The van der Waals surface area contributed by atoms with Crippen molar-refractivity contribution in [2.24, 2.45) is 0 Å². The summed E-state index contributed by atoms with van der Waals surface area (Å²) in [6.45, 7) is 7.15. The Hall–Kier alpha value is -3.01. The average Bonchev–Trinajstić information content (AvgIpc) is 3.35. The van der Waals surface area contributed by atoms with E-state index < -0.39 is 0 Å². The van der Waals surface area contributed by atoms with E-state index in [9.17, 15) is 4.79 Å². The topological polar surface area (TPSA) is 73.4 Å². The minimum absolute atomic E-state index is 0.204. The molecule has 0 spiro atoms. The minimum Gasteiger partial charge on any atom is -0.494 e. The third-order valence-electron chi connectivity index (χ3n) is 5.80. The van der Waals surface area contributed by atoms with E-state index in [1.165, 1.54) is 17.4 Å². The third-order valence-corrected chi connectivity index (χ3v) is 7.34. The molecule has 0 saturated carbocycles. The molecule has 0 N–H and O–H groups in total. The fourth-order valence-electron chi connectivity index (χ4n) is 3.76. The Balaban J connectivity index is 1.98. The molecule has 0 saturated heterocycles. The highest BCUT2D eigenvalue weighted by atomic mass is 35.5. The number of rotatable bonds is 12. The van der Waals surface area contributed by atoms with Crippen LogP contribution in [-0.2, 0) is 4.79 Å². The summed E-state index contributed by atoms with van der Waals surface area (Å²) < 4.78 is 22.5. The van der Waals surface area contributed by atoms with Gasteiger partial charge in [-0.3, -0.25) is 9.69 Å². The number of anilines is 1. The Morgan fingerprint density at radius 1 is 0.972 bits per heavy atom. The number of hydrogen-bond acceptors (Lipinski definition) is 8. The van der Waals surface area contributed by atoms with Gasteiger partial charge in [0.15, 0.2) is 16.6 Å². The summed E-state index contributed by atoms with van der Waals surface area (Å²) in [6, 6.07) is 7.12. The van der Waals surface area contributed by atoms with Crippen LogP contribution in [0.1, 0.15) is 19.4 Å². The minimum atomic E-state index is -0.204. The standard InChI is InChI=1S/C26H32ClN3O5S/c1-7-29(8-2)13-14-30(26-28-23-19(32-3)11-10-18(27)25(23)36-26)22(31)12-9-17-15-20(33-4)24(35-6)21(16-17)34-5/h9-12,15-16H,7-8,13-14H2,1-6H3/b12-9+. The second kappa shape index (κ2) is 12.8. The number of nitrogens with zero attached hydrogens (tertiary/aromatic N) is 3. The van der Waals surface area contributed by atoms with Gasteiger partial charge in [0.25, 0.3) is 5.91 Å². The predicted octanol–water partition coefficient (Wildman–Crippen LogP) is 5.37. The number of likely N-dealkylation sites (N-methyl/N-ethyl adjacent to an activating group) is 1. The van der Waals surface area contributed by atoms with Gasteiger partial charge in [0.1, 0.15) is 11.3 Å². The molecule has 36 heavy (non-hydrogen) atoms. The third kappa shape index (κ3) is 6.03. The number of hydrogen-bond donors (Lipinski definition) is 0. The van der Waals surface area contributed by atoms with Crippen LogP contribution >= 0.6 is 22.9 Å². The van der Waals surface area contributed by atoms with Crippen LogP contribution in [0.15, 0.2) is 30.3 Å². The van der Waals surface area contributed by atoms with Crippen molar-refractivity contribution >= 4 is 50.3 Å². The highest BCUT2D eigenvalue weighted by Crippen LogP contribution is 2.40. The maximum Gasteiger partial charge on any atom is 0.252 e. The number of fused-ring (bicyclic) bond motifs is 1. The van der Waals surface area contributed by atoms with Crippen LogP contribution in [-0.4, -0.2) is 70.4 Å². The SMILES string of the molecule is CCN(CC)CCN(C(=O)/C=C/c1cc(OC)c(OC)c(OC)c1)c1nc2c(OC)ccc(Cl)c2s1. The molecular formula is C26H32ClN3O5S. The molecule has 3 rings (SSSR count). The number of methoxy groups -OCH3 is 4. The fourth-order valence-corrected chi connectivity index (χ4v) is 5.05. The van der Waals surface area contributed by atoms with Gasteiger partial charge in [-0.05, 0) is 49.0 Å². The van der Waals surface area contributed by atoms with Crippen molar-refractivity contribution in [1.29, 1.82) is 0 Å². The van der Waals surface area contributed by atoms with E-state index in [-0.39, 0.29) is 5.91 Å². The molecule has 10 heteroatoms. The smallest absolute Gasteiger partial charge is 0.252 e. The van der Waals surface area contributed by atoms with Crippen LogP contribution in [0.4, 0.5) is 5.13 Å². The Morgan fingerprint density at radius 3 is 2.17 bits per heavy atom. The van der Waals surface area contributed by atoms with Crippen molar-refractivity contribution in [3.8, 4) is 23.0 Å². The second-order valence-electron chi connectivity index (χ2n) is 7.73. The lowest BCUT2D eigenvalue weighted by Crippen LogP contribution is -2.38. The first-order chi connectivity index (χ1) is 17.4. The summed E-state index contributed by atoms with van der Waals surface area (Å²) in [7, 11) is 6.24. The summed E-state index contributed by atoms with van der Waals surface area (Å²) >= 11 is 7.80. The first-order valence-corrected chi connectivity index (χ1v) is 12.7. The van der Waals surface area contributed by atoms with Crippen molar-refractivity contribution in [2.75, 3.05) is 59.5 Å². The van der Waals surface area contributed by atoms with Crippen molar-refractivity contribution < 1.29 is 23.7 Å². The highest BCUT2D eigenvalue weighted by molar-refractivity contribution is 7.23. The molecule has 1 aromatic heterocycles. The molecule has 0 aliphatic carbocycles. The van der Waals surface area contributed by atoms with Crippen LogP contribution in [0.2, 0.25) is 5.02 Å². The Labute approximate surface area is 221 Å². The van der Waals surface area contributed by atoms with Gasteiger partial charge in [-0.2, -0.15) is 0 Å². The molecular weight excluding hydrogens is 502 g/mol. The van der Waals surface area contributed by atoms with E-state index in [1.807, 2.05) is 0 Å². The van der Waals surface area contributed by atoms with Crippen molar-refractivity contribution in [2.45, 2.75) is 13.8 Å². The maximum atomic E-state index is 13.5. The summed E-state index contributed by atoms with van der Waals surface area (Å²) in [5, 5.41) is 1.13. The molecule has 1 amide bonds. The molecule has 0 unspecified atom stereocenters. The van der Waals surface area contributed by atoms with Gasteiger partial charge in [-0.25, -0.2) is 4.98 Å². The van der Waals surface area contributed by atoms with Gasteiger partial charge in [0.2, 0.25) is 5.75 Å². The maximum absolute atomic E-state index is 13.5. The lowest BCUT2D eigenvalue weighted by atomic mass is 10.1. The lowest BCUT2D eigenvalue weighted by molar-refractivity contribution is -0.114. The molecule has 0 bridgehead atoms. The average molecular weight is 534 g/mol. The number of carbonyl (C=O) groups excluding carboxylic acids is 1. The quantitative estimate of drug-likeness (QED) is 0.290. The number of thiazole rings is 1. The molecule has 0 fully saturated rings. The van der Waals surface area contributed by atoms with Gasteiger partial charge in [-0.1, -0.05) is 36.8 Å². The van der Waals surface area contributed by atoms with Gasteiger partial charge < -0.3 is 23.8 Å². The van der Waals surface area contributed by atoms with Crippen LogP contribution in [0.3, 0.4) is 0 Å². The van der Waals surface area contributed by atoms with Crippen LogP contribution in [0.5, 0.6) is 23.0 Å². The van der Waals surface area contributed by atoms with Gasteiger partial charge in [0.05, 0.1) is 38.2 Å². The summed E-state index contributed by atoms with van der Waals surface area (Å²) in [5.41, 5.74) is 1.37. The predicted molar refractivity (Wildman–Crippen MR) is 146 cm³/mol. The largest absolute Gasteiger partial charge is 0.494 e. The molecule has 8 nitrogen and oxygen atoms in total. The molecule has 194 valence electrons. The monoisotopic (exact) mass is 533 g/mol. The van der Waals surface area contributed by atoms with Gasteiger partial charge in [-0.15, -0.1) is 0 Å². The molecule has 0 aliphatic heterocycles. The summed E-state index contributed by atoms with van der Waals surface area (Å²) in [4.78, 5) is 22.2. The van der Waals surface area contributed by atoms with E-state index >= 15 is 0 Å². The number of aromatic nitrogens is 1. The van der Waals surface area contributed by atoms with Crippen molar-refractivity contribution in [3.05, 3.63) is 40.9 Å². The molecule has 0 atom stereocenters. The first-order valence-electron chi connectivity index (χ1n) is 11.6. The van der Waals surface area contributed by atoms with Crippen molar-refractivity contribution in [1.82, 2.24) is 9.88 Å². The van der Waals surface area contributed by atoms with E-state index in [0.717, 1.165) is 23.4 Å². The van der Waals surface area contributed by atoms with Gasteiger partial charge >= 0.3 is 0 Å². The summed E-state index contributed by atoms with van der Waals surface area (Å²) in [6.07, 6.45) is 3.24. The Morgan fingerprint density at radius 2 is 1.61 bits per heavy atom. The number of halogens is 1. The Bertz CT molecular complexity index is 1200. The normalized spacial score (nSPS) is 11.3. The summed E-state index contributed by atoms with van der Waals surface area (Å²) in [5.74, 6) is 1.92. The van der Waals surface area contributed by atoms with Gasteiger partial charge in [0, 0.05) is 19.2 Å². The second-order valence-corrected chi connectivity index (χ2v) is 9.12. The van der Waals surface area contributed by atoms with E-state index in [1.54, 1.807) is 63.7 Å². The zero-order valence-corrected chi connectivity index (χ0v) is 23.0. The van der Waals surface area contributed by atoms with Crippen LogP contribution in [0.25, 0.3) is 16.3 Å². The zero-order chi connectivity index (χ0) is 26.2. The van der Waals surface area contributed by atoms with Crippen LogP contribution < -0.4 is 23.8 Å². The highest BCUT2D eigenvalue weighted by Gasteiger charge is 2.21. The van der Waals surface area contributed by atoms with Crippen LogP contribution in [0, 0.1) is 0 Å². The zero-order valence-electron chi connectivity index (χ0n) is 21.5. The number of benzene rings is 2. The Kier molecular flexibility index (Phi) is 9.81. The molecule has 2 aromatic carbocycles.